The van der Waals surface area contributed by atoms with Crippen molar-refractivity contribution in [2.24, 2.45) is 5.92 Å². The van der Waals surface area contributed by atoms with Crippen molar-refractivity contribution in [3.8, 4) is 0 Å². The summed E-state index contributed by atoms with van der Waals surface area (Å²) in [6.07, 6.45) is 27.9. The Balaban J connectivity index is 3.40. The monoisotopic (exact) mass is 540 g/mol. The molecule has 5 nitrogen and oxygen atoms in total. The quantitative estimate of drug-likeness (QED) is 0.0610. The van der Waals surface area contributed by atoms with E-state index in [1.54, 1.807) is 0 Å². The molecule has 0 aromatic rings. The Labute approximate surface area is 237 Å². The van der Waals surface area contributed by atoms with Gasteiger partial charge in [0.2, 0.25) is 0 Å². The van der Waals surface area contributed by atoms with Gasteiger partial charge in [-0.15, -0.1) is 0 Å². The number of carboxylic acid groups (broad SMARTS) is 1. The summed E-state index contributed by atoms with van der Waals surface area (Å²) in [6.45, 7) is 5.20. The first-order valence-corrected chi connectivity index (χ1v) is 16.4. The lowest BCUT2D eigenvalue weighted by Crippen LogP contribution is -2.43. The van der Waals surface area contributed by atoms with E-state index in [9.17, 15) is 9.59 Å². The van der Waals surface area contributed by atoms with Crippen LogP contribution in [0.1, 0.15) is 162 Å². The van der Waals surface area contributed by atoms with Crippen molar-refractivity contribution in [2.75, 3.05) is 27.7 Å². The van der Waals surface area contributed by atoms with Crippen LogP contribution < -0.4 is 0 Å². The van der Waals surface area contributed by atoms with E-state index in [-0.39, 0.29) is 12.4 Å². The fraction of sp³-hybridized carbons (Fsp3) is 0.939. The number of aliphatic carboxylic acids is 1. The fourth-order valence-electron chi connectivity index (χ4n) is 5.17. The standard InChI is InChI=1S/C33H65NO4/c1-6-30(2)26-24-22-20-18-16-14-12-10-8-7-9-11-13-15-17-19-21-23-25-27-33(37)38-31(28-32(35)36)29-34(3,4)5/h30-31H,6-29H2,1-5H3/p+1. The molecule has 0 aromatic heterocycles. The first-order valence-electron chi connectivity index (χ1n) is 16.4. The summed E-state index contributed by atoms with van der Waals surface area (Å²) in [5, 5.41) is 9.06. The van der Waals surface area contributed by atoms with Crippen molar-refractivity contribution in [1.82, 2.24) is 0 Å². The number of carbonyl (C=O) groups is 2. The van der Waals surface area contributed by atoms with E-state index >= 15 is 0 Å². The van der Waals surface area contributed by atoms with Crippen molar-refractivity contribution in [1.29, 1.82) is 0 Å². The van der Waals surface area contributed by atoms with Crippen LogP contribution in [0.15, 0.2) is 0 Å². The Morgan fingerprint density at radius 2 is 1.03 bits per heavy atom. The van der Waals surface area contributed by atoms with Crippen molar-refractivity contribution in [3.63, 3.8) is 0 Å². The van der Waals surface area contributed by atoms with Crippen LogP contribution in [0, 0.1) is 5.92 Å². The number of hydrogen-bond acceptors (Lipinski definition) is 3. The first kappa shape index (κ1) is 36.9. The highest BCUT2D eigenvalue weighted by molar-refractivity contribution is 5.71. The maximum absolute atomic E-state index is 12.1. The summed E-state index contributed by atoms with van der Waals surface area (Å²) >= 11 is 0. The van der Waals surface area contributed by atoms with Gasteiger partial charge in [0, 0.05) is 6.42 Å². The topological polar surface area (TPSA) is 63.6 Å². The summed E-state index contributed by atoms with van der Waals surface area (Å²) in [4.78, 5) is 23.2. The van der Waals surface area contributed by atoms with E-state index in [0.29, 0.717) is 17.4 Å². The van der Waals surface area contributed by atoms with E-state index in [4.69, 9.17) is 9.84 Å². The van der Waals surface area contributed by atoms with Crippen LogP contribution in [0.2, 0.25) is 0 Å². The molecule has 0 spiro atoms. The van der Waals surface area contributed by atoms with Crippen LogP contribution in [-0.2, 0) is 14.3 Å². The Hall–Kier alpha value is -1.10. The molecule has 2 unspecified atom stereocenters. The second kappa shape index (κ2) is 24.9. The zero-order valence-electron chi connectivity index (χ0n) is 26.2. The number of nitrogens with zero attached hydrogens (tertiary/aromatic N) is 1. The number of carbonyl (C=O) groups excluding carboxylic acids is 1. The second-order valence-corrected chi connectivity index (χ2v) is 13.0. The van der Waals surface area contributed by atoms with Gasteiger partial charge in [-0.1, -0.05) is 142 Å². The van der Waals surface area contributed by atoms with Gasteiger partial charge < -0.3 is 14.3 Å². The highest BCUT2D eigenvalue weighted by atomic mass is 16.5. The third-order valence-corrected chi connectivity index (χ3v) is 7.73. The van der Waals surface area contributed by atoms with Gasteiger partial charge in [0.25, 0.3) is 0 Å². The number of likely N-dealkylation sites (N-methyl/N-ethyl adjacent to an activating group) is 1. The summed E-state index contributed by atoms with van der Waals surface area (Å²) in [7, 11) is 5.93. The lowest BCUT2D eigenvalue weighted by Gasteiger charge is -2.28. The third-order valence-electron chi connectivity index (χ3n) is 7.73. The Morgan fingerprint density at radius 1 is 0.658 bits per heavy atom. The summed E-state index contributed by atoms with van der Waals surface area (Å²) < 4.78 is 6.03. The average Bonchev–Trinajstić information content (AvgIpc) is 2.83. The van der Waals surface area contributed by atoms with E-state index in [2.05, 4.69) is 13.8 Å². The van der Waals surface area contributed by atoms with Gasteiger partial charge in [-0.05, 0) is 12.3 Å². The lowest BCUT2D eigenvalue weighted by atomic mass is 9.99. The van der Waals surface area contributed by atoms with Crippen LogP contribution in [0.3, 0.4) is 0 Å². The maximum Gasteiger partial charge on any atom is 0.307 e. The number of carboxylic acids is 1. The Bertz CT molecular complexity index is 558. The number of ether oxygens (including phenoxy) is 1. The molecular formula is C33H66NO4+. The minimum atomic E-state index is -0.921. The molecule has 0 rings (SSSR count). The van der Waals surface area contributed by atoms with Crippen LogP contribution >= 0.6 is 0 Å². The SMILES string of the molecule is CCC(C)CCCCCCCCCCCCCCCCCCCCCC(=O)OC(CC(=O)O)C[N+](C)(C)C. The number of unbranched alkanes of at least 4 members (excludes halogenated alkanes) is 18. The molecule has 0 bridgehead atoms. The minimum Gasteiger partial charge on any atom is -0.481 e. The zero-order valence-corrected chi connectivity index (χ0v) is 26.2. The Morgan fingerprint density at radius 3 is 1.37 bits per heavy atom. The van der Waals surface area contributed by atoms with Crippen LogP contribution in [0.25, 0.3) is 0 Å². The van der Waals surface area contributed by atoms with Crippen molar-refractivity contribution in [2.45, 2.75) is 168 Å². The normalized spacial score (nSPS) is 13.4. The van der Waals surface area contributed by atoms with Crippen molar-refractivity contribution >= 4 is 11.9 Å². The van der Waals surface area contributed by atoms with E-state index in [1.807, 2.05) is 21.1 Å². The molecule has 0 saturated carbocycles. The lowest BCUT2D eigenvalue weighted by molar-refractivity contribution is -0.873. The van der Waals surface area contributed by atoms with Crippen LogP contribution in [0.5, 0.6) is 0 Å². The molecule has 226 valence electrons. The average molecular weight is 541 g/mol. The van der Waals surface area contributed by atoms with Gasteiger partial charge in [0.05, 0.1) is 27.6 Å². The van der Waals surface area contributed by atoms with Gasteiger partial charge in [-0.3, -0.25) is 9.59 Å². The molecule has 0 saturated heterocycles. The highest BCUT2D eigenvalue weighted by Crippen LogP contribution is 2.17. The molecule has 5 heteroatoms. The molecule has 0 amide bonds. The Kier molecular flexibility index (Phi) is 24.2. The third kappa shape index (κ3) is 27.9. The molecule has 0 aliphatic rings. The van der Waals surface area contributed by atoms with Crippen molar-refractivity contribution in [3.05, 3.63) is 0 Å². The first-order chi connectivity index (χ1) is 18.1. The predicted octanol–water partition coefficient (Wildman–Crippen LogP) is 9.32. The molecule has 0 aliphatic carbocycles. The zero-order chi connectivity index (χ0) is 28.5. The number of quaternary nitrogens is 1. The van der Waals surface area contributed by atoms with Gasteiger partial charge in [-0.2, -0.15) is 0 Å². The van der Waals surface area contributed by atoms with Crippen LogP contribution in [-0.4, -0.2) is 55.3 Å². The molecule has 0 aromatic carbocycles. The van der Waals surface area contributed by atoms with E-state index < -0.39 is 12.1 Å². The molecule has 0 fully saturated rings. The van der Waals surface area contributed by atoms with Gasteiger partial charge >= 0.3 is 11.9 Å². The summed E-state index contributed by atoms with van der Waals surface area (Å²) in [5.41, 5.74) is 0. The molecular weight excluding hydrogens is 474 g/mol. The summed E-state index contributed by atoms with van der Waals surface area (Å²) in [6, 6.07) is 0. The van der Waals surface area contributed by atoms with E-state index in [1.165, 1.54) is 122 Å². The van der Waals surface area contributed by atoms with Crippen LogP contribution in [0.4, 0.5) is 0 Å². The molecule has 0 radical (unpaired) electrons. The van der Waals surface area contributed by atoms with Gasteiger partial charge in [0.1, 0.15) is 6.54 Å². The highest BCUT2D eigenvalue weighted by Gasteiger charge is 2.24. The van der Waals surface area contributed by atoms with Gasteiger partial charge in [0.15, 0.2) is 6.10 Å². The van der Waals surface area contributed by atoms with E-state index in [0.717, 1.165) is 18.8 Å². The maximum atomic E-state index is 12.1. The second-order valence-electron chi connectivity index (χ2n) is 13.0. The van der Waals surface area contributed by atoms with Gasteiger partial charge in [-0.25, -0.2) is 0 Å². The summed E-state index contributed by atoms with van der Waals surface area (Å²) in [5.74, 6) is -0.258. The molecule has 1 N–H and O–H groups in total. The fourth-order valence-corrected chi connectivity index (χ4v) is 5.17. The molecule has 0 heterocycles. The number of rotatable bonds is 28. The minimum absolute atomic E-state index is 0.125. The van der Waals surface area contributed by atoms with Crippen molar-refractivity contribution < 1.29 is 23.9 Å². The number of esters is 1. The molecule has 38 heavy (non-hydrogen) atoms. The molecule has 2 atom stereocenters. The largest absolute Gasteiger partial charge is 0.481 e. The predicted molar refractivity (Wildman–Crippen MR) is 161 cm³/mol. The smallest absolute Gasteiger partial charge is 0.307 e. The molecule has 0 aliphatic heterocycles. The number of hydrogen-bond donors (Lipinski definition) is 1.